The number of ether oxygens (including phenoxy) is 1. The van der Waals surface area contributed by atoms with Crippen LogP contribution in [0, 0.1) is 11.9 Å². The average Bonchev–Trinajstić information content (AvgIpc) is 2.49. The number of benzene rings is 3. The number of rotatable bonds is 3. The quantitative estimate of drug-likeness (QED) is 0.640. The lowest BCUT2D eigenvalue weighted by atomic mass is 10.1. The predicted octanol–water partition coefficient (Wildman–Crippen LogP) is 5.09. The van der Waals surface area contributed by atoms with Gasteiger partial charge in [0, 0.05) is 6.07 Å². The van der Waals surface area contributed by atoms with Crippen LogP contribution in [0.1, 0.15) is 0 Å². The predicted molar refractivity (Wildman–Crippen MR) is 77.2 cm³/mol. The molecular formula is C18H12FO. The van der Waals surface area contributed by atoms with Gasteiger partial charge < -0.3 is 4.74 Å². The normalized spacial score (nSPS) is 10.2. The first kappa shape index (κ1) is 12.4. The molecule has 0 fully saturated rings. The van der Waals surface area contributed by atoms with Crippen molar-refractivity contribution in [2.75, 3.05) is 0 Å². The molecule has 1 radical (unpaired) electrons. The van der Waals surface area contributed by atoms with Gasteiger partial charge in [-0.1, -0.05) is 36.4 Å². The van der Waals surface area contributed by atoms with Gasteiger partial charge in [0.25, 0.3) is 0 Å². The molecule has 1 nitrogen and oxygen atoms in total. The molecule has 0 heterocycles. The van der Waals surface area contributed by atoms with Gasteiger partial charge in [-0.2, -0.15) is 0 Å². The van der Waals surface area contributed by atoms with Gasteiger partial charge in [0.2, 0.25) is 0 Å². The maximum atomic E-state index is 13.3. The van der Waals surface area contributed by atoms with Crippen LogP contribution in [0.4, 0.5) is 4.39 Å². The second kappa shape index (κ2) is 5.57. The van der Waals surface area contributed by atoms with Crippen LogP contribution < -0.4 is 4.74 Å². The molecule has 0 bridgehead atoms. The Kier molecular flexibility index (Phi) is 3.46. The van der Waals surface area contributed by atoms with E-state index in [1.54, 1.807) is 12.1 Å². The average molecular weight is 263 g/mol. The van der Waals surface area contributed by atoms with Crippen LogP contribution in [-0.2, 0) is 0 Å². The first-order valence-electron chi connectivity index (χ1n) is 6.32. The molecule has 0 saturated carbocycles. The van der Waals surface area contributed by atoms with Crippen molar-refractivity contribution < 1.29 is 9.13 Å². The summed E-state index contributed by atoms with van der Waals surface area (Å²) in [6.45, 7) is 0. The third-order valence-corrected chi connectivity index (χ3v) is 2.90. The van der Waals surface area contributed by atoms with Crippen LogP contribution in [0.25, 0.3) is 11.1 Å². The molecule has 97 valence electrons. The van der Waals surface area contributed by atoms with Crippen molar-refractivity contribution in [3.8, 4) is 22.6 Å². The zero-order valence-corrected chi connectivity index (χ0v) is 10.7. The highest BCUT2D eigenvalue weighted by Crippen LogP contribution is 2.27. The lowest BCUT2D eigenvalue weighted by Gasteiger charge is -2.07. The van der Waals surface area contributed by atoms with Crippen LogP contribution in [-0.4, -0.2) is 0 Å². The molecule has 0 atom stereocenters. The molecule has 0 aliphatic heterocycles. The van der Waals surface area contributed by atoms with Crippen molar-refractivity contribution in [2.24, 2.45) is 0 Å². The van der Waals surface area contributed by atoms with E-state index in [9.17, 15) is 4.39 Å². The van der Waals surface area contributed by atoms with Crippen LogP contribution in [0.15, 0.2) is 72.8 Å². The molecule has 0 saturated heterocycles. The molecule has 0 amide bonds. The second-order valence-corrected chi connectivity index (χ2v) is 4.37. The van der Waals surface area contributed by atoms with E-state index in [1.165, 1.54) is 12.1 Å². The SMILES string of the molecule is Fc1cccc(-c2cc[c]c(Oc3ccccc3)c2)c1. The summed E-state index contributed by atoms with van der Waals surface area (Å²) in [5.41, 5.74) is 1.71. The van der Waals surface area contributed by atoms with Crippen molar-refractivity contribution in [2.45, 2.75) is 0 Å². The summed E-state index contributed by atoms with van der Waals surface area (Å²) in [5.74, 6) is 1.11. The molecule has 2 heteroatoms. The van der Waals surface area contributed by atoms with Gasteiger partial charge in [-0.25, -0.2) is 4.39 Å². The Morgan fingerprint density at radius 2 is 1.60 bits per heavy atom. The molecular weight excluding hydrogens is 251 g/mol. The molecule has 0 aliphatic carbocycles. The Bertz CT molecular complexity index is 707. The van der Waals surface area contributed by atoms with Crippen molar-refractivity contribution in [1.82, 2.24) is 0 Å². The van der Waals surface area contributed by atoms with Gasteiger partial charge in [-0.3, -0.25) is 0 Å². The molecule has 0 aliphatic rings. The molecule has 0 unspecified atom stereocenters. The zero-order chi connectivity index (χ0) is 13.8. The van der Waals surface area contributed by atoms with Gasteiger partial charge in [0.05, 0.1) is 0 Å². The Labute approximate surface area is 117 Å². The van der Waals surface area contributed by atoms with Crippen molar-refractivity contribution in [3.05, 3.63) is 84.7 Å². The van der Waals surface area contributed by atoms with E-state index in [4.69, 9.17) is 4.74 Å². The fourth-order valence-electron chi connectivity index (χ4n) is 1.97. The fourth-order valence-corrected chi connectivity index (χ4v) is 1.97. The Hall–Kier alpha value is -2.61. The van der Waals surface area contributed by atoms with Crippen LogP contribution in [0.3, 0.4) is 0 Å². The third kappa shape index (κ3) is 2.86. The van der Waals surface area contributed by atoms with E-state index in [0.717, 1.165) is 16.9 Å². The van der Waals surface area contributed by atoms with Gasteiger partial charge in [0.1, 0.15) is 17.3 Å². The maximum Gasteiger partial charge on any atom is 0.136 e. The van der Waals surface area contributed by atoms with Gasteiger partial charge >= 0.3 is 0 Å². The first-order chi connectivity index (χ1) is 9.81. The van der Waals surface area contributed by atoms with Gasteiger partial charge in [-0.15, -0.1) is 0 Å². The topological polar surface area (TPSA) is 9.23 Å². The summed E-state index contributed by atoms with van der Waals surface area (Å²) in [6.07, 6.45) is 0. The summed E-state index contributed by atoms with van der Waals surface area (Å²) in [7, 11) is 0. The van der Waals surface area contributed by atoms with Crippen molar-refractivity contribution in [1.29, 1.82) is 0 Å². The number of halogens is 1. The van der Waals surface area contributed by atoms with Crippen molar-refractivity contribution >= 4 is 0 Å². The smallest absolute Gasteiger partial charge is 0.136 e. The first-order valence-corrected chi connectivity index (χ1v) is 6.32. The summed E-state index contributed by atoms with van der Waals surface area (Å²) in [4.78, 5) is 0. The molecule has 20 heavy (non-hydrogen) atoms. The zero-order valence-electron chi connectivity index (χ0n) is 10.7. The largest absolute Gasteiger partial charge is 0.457 e. The van der Waals surface area contributed by atoms with E-state index in [0.29, 0.717) is 5.75 Å². The number of hydrogen-bond donors (Lipinski definition) is 0. The summed E-state index contributed by atoms with van der Waals surface area (Å²) in [6, 6.07) is 24.5. The van der Waals surface area contributed by atoms with E-state index in [-0.39, 0.29) is 5.82 Å². The molecule has 0 N–H and O–H groups in total. The van der Waals surface area contributed by atoms with Crippen LogP contribution in [0.5, 0.6) is 11.5 Å². The summed E-state index contributed by atoms with van der Waals surface area (Å²) in [5, 5.41) is 0. The minimum absolute atomic E-state index is 0.249. The standard InChI is InChI=1S/C18H12FO/c19-16-8-4-6-14(12-16)15-7-5-11-18(13-15)20-17-9-2-1-3-10-17/h1-10,12-13H. The van der Waals surface area contributed by atoms with E-state index in [2.05, 4.69) is 6.07 Å². The highest BCUT2D eigenvalue weighted by Gasteiger charge is 2.02. The number of hydrogen-bond acceptors (Lipinski definition) is 1. The highest BCUT2D eigenvalue weighted by molar-refractivity contribution is 5.65. The van der Waals surface area contributed by atoms with E-state index in [1.807, 2.05) is 48.5 Å². The molecule has 3 rings (SSSR count). The monoisotopic (exact) mass is 263 g/mol. The molecule has 3 aromatic carbocycles. The Balaban J connectivity index is 1.90. The molecule has 0 spiro atoms. The molecule has 0 aromatic heterocycles. The summed E-state index contributed by atoms with van der Waals surface area (Å²) >= 11 is 0. The Morgan fingerprint density at radius 3 is 2.40 bits per heavy atom. The minimum Gasteiger partial charge on any atom is -0.457 e. The second-order valence-electron chi connectivity index (χ2n) is 4.37. The Morgan fingerprint density at radius 1 is 0.800 bits per heavy atom. The summed E-state index contributed by atoms with van der Waals surface area (Å²) < 4.78 is 19.0. The van der Waals surface area contributed by atoms with E-state index < -0.39 is 0 Å². The van der Waals surface area contributed by atoms with E-state index >= 15 is 0 Å². The lowest BCUT2D eigenvalue weighted by Crippen LogP contribution is -1.85. The third-order valence-electron chi connectivity index (χ3n) is 2.90. The van der Waals surface area contributed by atoms with Gasteiger partial charge in [-0.05, 0) is 47.5 Å². The van der Waals surface area contributed by atoms with Gasteiger partial charge in [0.15, 0.2) is 0 Å². The number of para-hydroxylation sites is 1. The molecule has 3 aromatic rings. The minimum atomic E-state index is -0.249. The van der Waals surface area contributed by atoms with Crippen molar-refractivity contribution in [3.63, 3.8) is 0 Å². The maximum absolute atomic E-state index is 13.3. The highest BCUT2D eigenvalue weighted by atomic mass is 19.1. The van der Waals surface area contributed by atoms with Crippen LogP contribution in [0.2, 0.25) is 0 Å². The fraction of sp³-hybridized carbons (Fsp3) is 0. The lowest BCUT2D eigenvalue weighted by molar-refractivity contribution is 0.482. The van der Waals surface area contributed by atoms with Crippen LogP contribution >= 0.6 is 0 Å².